The molecule has 9 nitrogen and oxygen atoms in total. The van der Waals surface area contributed by atoms with E-state index in [0.717, 1.165) is 12.8 Å². The molecule has 5 rings (SSSR count). The van der Waals surface area contributed by atoms with Crippen LogP contribution in [0, 0.1) is 0 Å². The fraction of sp³-hybridized carbons (Fsp3) is 0.316. The number of hydrogen-bond acceptors (Lipinski definition) is 6. The molecule has 0 atom stereocenters. The van der Waals surface area contributed by atoms with Gasteiger partial charge in [-0.15, -0.1) is 5.10 Å². The van der Waals surface area contributed by atoms with Crippen LogP contribution in [-0.4, -0.2) is 28.9 Å². The van der Waals surface area contributed by atoms with E-state index in [4.69, 9.17) is 17.4 Å². The Morgan fingerprint density at radius 3 is 2.76 bits per heavy atom. The first-order valence-corrected chi connectivity index (χ1v) is 9.51. The summed E-state index contributed by atoms with van der Waals surface area (Å²) >= 11 is 5.93. The third-order valence-electron chi connectivity index (χ3n) is 5.35. The Balaban J connectivity index is 1.35. The van der Waals surface area contributed by atoms with Gasteiger partial charge in [0.1, 0.15) is 14.2 Å². The van der Waals surface area contributed by atoms with Crippen LogP contribution in [0.15, 0.2) is 50.9 Å². The summed E-state index contributed by atoms with van der Waals surface area (Å²) in [4.78, 5) is 33.0. The van der Waals surface area contributed by atoms with Crippen molar-refractivity contribution in [3.63, 3.8) is 0 Å². The molecule has 0 spiro atoms. The average Bonchev–Trinajstić information content (AvgIpc) is 3.18. The highest BCUT2D eigenvalue weighted by molar-refractivity contribution is 6.30. The smallest absolute Gasteiger partial charge is 0.390 e. The summed E-state index contributed by atoms with van der Waals surface area (Å²) in [5.41, 5.74) is 1.23. The van der Waals surface area contributed by atoms with Gasteiger partial charge >= 0.3 is 5.76 Å². The second-order valence-electron chi connectivity index (χ2n) is 7.20. The van der Waals surface area contributed by atoms with Crippen LogP contribution in [0.2, 0.25) is 5.02 Å². The van der Waals surface area contributed by atoms with Gasteiger partial charge in [0.2, 0.25) is 5.89 Å². The van der Waals surface area contributed by atoms with Crippen LogP contribution in [0.1, 0.15) is 37.6 Å². The molecule has 4 aromatic rings. The van der Waals surface area contributed by atoms with Gasteiger partial charge in [-0.3, -0.25) is 9.36 Å². The molecular formula is C19H17ClN6O3. The Hall–Kier alpha value is -3.20. The van der Waals surface area contributed by atoms with Gasteiger partial charge in [0.15, 0.2) is 11.2 Å². The molecule has 0 N–H and O–H groups in total. The maximum absolute atomic E-state index is 12.7. The maximum Gasteiger partial charge on any atom is 0.437 e. The molecule has 1 fully saturated rings. The molecule has 0 amide bonds. The topological polar surface area (TPSA) is 101 Å². The van der Waals surface area contributed by atoms with Gasteiger partial charge < -0.3 is 8.98 Å². The molecule has 3 aromatic heterocycles. The number of aryl methyl sites for hydroxylation is 1. The molecule has 0 saturated heterocycles. The molecule has 0 bridgehead atoms. The van der Waals surface area contributed by atoms with Crippen molar-refractivity contribution in [1.29, 1.82) is 0 Å². The molecule has 3 heterocycles. The first-order chi connectivity index (χ1) is 14.4. The second kappa shape index (κ2) is 6.70. The molecule has 1 aliphatic carbocycles. The van der Waals surface area contributed by atoms with Gasteiger partial charge in [-0.25, -0.2) is 14.8 Å². The van der Waals surface area contributed by atoms with Gasteiger partial charge in [0, 0.05) is 12.1 Å². The summed E-state index contributed by atoms with van der Waals surface area (Å²) in [5, 5.41) is 4.98. The van der Waals surface area contributed by atoms with Crippen LogP contribution < -0.4 is 11.3 Å². The lowest BCUT2D eigenvalue weighted by molar-refractivity contribution is 0.233. The number of halogens is 1. The van der Waals surface area contributed by atoms with Gasteiger partial charge in [0.25, 0.3) is 5.56 Å². The zero-order valence-corrected chi connectivity index (χ0v) is 16.2. The third kappa shape index (κ3) is 3.07. The van der Waals surface area contributed by atoms with Crippen molar-refractivity contribution < 1.29 is 5.79 Å². The van der Waals surface area contributed by atoms with E-state index in [0.29, 0.717) is 10.9 Å². The first-order valence-electron chi connectivity index (χ1n) is 9.63. The van der Waals surface area contributed by atoms with Crippen LogP contribution in [0.4, 0.5) is 0 Å². The molecule has 0 unspecified atom stereocenters. The normalized spacial score (nSPS) is 19.3. The number of rotatable bonds is 4. The van der Waals surface area contributed by atoms with Crippen LogP contribution in [0.5, 0.6) is 0 Å². The van der Waals surface area contributed by atoms with Crippen molar-refractivity contribution in [3.8, 4) is 0 Å². The van der Waals surface area contributed by atoms with Gasteiger partial charge in [0.05, 0.1) is 12.3 Å². The van der Waals surface area contributed by atoms with Crippen LogP contribution >= 0.6 is 11.6 Å². The highest BCUT2D eigenvalue weighted by atomic mass is 35.5. The Kier molecular flexibility index (Phi) is 3.86. The van der Waals surface area contributed by atoms with E-state index in [9.17, 15) is 9.59 Å². The first kappa shape index (κ1) is 16.7. The number of benzene rings is 1. The molecule has 148 valence electrons. The predicted molar refractivity (Wildman–Crippen MR) is 105 cm³/mol. The molecular weight excluding hydrogens is 396 g/mol. The summed E-state index contributed by atoms with van der Waals surface area (Å²) < 4.78 is 17.0. The van der Waals surface area contributed by atoms with E-state index in [2.05, 4.69) is 15.1 Å². The van der Waals surface area contributed by atoms with Crippen molar-refractivity contribution in [1.82, 2.24) is 28.9 Å². The quantitative estimate of drug-likeness (QED) is 0.508. The lowest BCUT2D eigenvalue weighted by atomic mass is 9.76. The largest absolute Gasteiger partial charge is 0.437 e. The number of imidazole rings is 1. The lowest BCUT2D eigenvalue weighted by Crippen LogP contribution is -2.31. The average molecular weight is 414 g/mol. The van der Waals surface area contributed by atoms with Crippen molar-refractivity contribution in [2.45, 2.75) is 31.3 Å². The van der Waals surface area contributed by atoms with E-state index in [1.165, 1.54) is 25.7 Å². The zero-order chi connectivity index (χ0) is 21.0. The van der Waals surface area contributed by atoms with Crippen molar-refractivity contribution in [3.05, 3.63) is 74.3 Å². The van der Waals surface area contributed by atoms with Crippen molar-refractivity contribution >= 4 is 22.8 Å². The molecule has 10 heteroatoms. The number of fused-ring (bicyclic) bond motifs is 1. The van der Waals surface area contributed by atoms with E-state index in [1.54, 1.807) is 7.05 Å². The third-order valence-corrected chi connectivity index (χ3v) is 5.61. The van der Waals surface area contributed by atoms with Crippen molar-refractivity contribution in [2.75, 3.05) is 0 Å². The Labute approximate surface area is 170 Å². The SMILES string of the molecule is [2H]c1nc2ncn(Cc3nn(C4CC(c5ccc(Cl)cc5)C4)c(=O)o3)c(=O)c2n1C. The summed E-state index contributed by atoms with van der Waals surface area (Å²) in [6.45, 7) is -0.0319. The minimum atomic E-state index is -0.541. The zero-order valence-electron chi connectivity index (χ0n) is 16.4. The number of aromatic nitrogens is 6. The molecule has 1 saturated carbocycles. The van der Waals surface area contributed by atoms with Crippen LogP contribution in [-0.2, 0) is 13.6 Å². The van der Waals surface area contributed by atoms with Crippen molar-refractivity contribution in [2.24, 2.45) is 7.05 Å². The monoisotopic (exact) mass is 413 g/mol. The second-order valence-corrected chi connectivity index (χ2v) is 7.64. The number of nitrogens with zero attached hydrogens (tertiary/aromatic N) is 6. The minimum absolute atomic E-state index is 0.0319. The fourth-order valence-corrected chi connectivity index (χ4v) is 3.82. The number of hydrogen-bond donors (Lipinski definition) is 0. The Morgan fingerprint density at radius 1 is 1.24 bits per heavy atom. The minimum Gasteiger partial charge on any atom is -0.390 e. The highest BCUT2D eigenvalue weighted by Gasteiger charge is 2.34. The summed E-state index contributed by atoms with van der Waals surface area (Å²) in [6.07, 6.45) is 2.82. The molecule has 1 aromatic carbocycles. The maximum atomic E-state index is 12.7. The van der Waals surface area contributed by atoms with E-state index in [-0.39, 0.29) is 41.5 Å². The Bertz CT molecular complexity index is 1360. The standard InChI is InChI=1S/C19H17ClN6O3/c1-24-9-21-17-16(24)18(27)25(10-22-17)8-15-23-26(19(28)29-15)14-6-12(7-14)11-2-4-13(20)5-3-11/h2-5,9-10,12,14H,6-8H2,1H3/i9D. The molecule has 0 radical (unpaired) electrons. The van der Waals surface area contributed by atoms with E-state index >= 15 is 0 Å². The summed E-state index contributed by atoms with van der Waals surface area (Å²) in [6, 6.07) is 7.67. The van der Waals surface area contributed by atoms with Gasteiger partial charge in [-0.1, -0.05) is 23.7 Å². The van der Waals surface area contributed by atoms with Crippen LogP contribution in [0.25, 0.3) is 11.2 Å². The molecule has 0 aliphatic heterocycles. The van der Waals surface area contributed by atoms with Gasteiger partial charge in [-0.2, -0.15) is 4.68 Å². The van der Waals surface area contributed by atoms with E-state index in [1.807, 2.05) is 24.3 Å². The molecule has 29 heavy (non-hydrogen) atoms. The summed E-state index contributed by atoms with van der Waals surface area (Å²) in [7, 11) is 1.58. The van der Waals surface area contributed by atoms with Gasteiger partial charge in [-0.05, 0) is 36.5 Å². The highest BCUT2D eigenvalue weighted by Crippen LogP contribution is 2.43. The Morgan fingerprint density at radius 2 is 2.00 bits per heavy atom. The fourth-order valence-electron chi connectivity index (χ4n) is 3.69. The molecule has 1 aliphatic rings. The predicted octanol–water partition coefficient (Wildman–Crippen LogP) is 2.10. The van der Waals surface area contributed by atoms with E-state index < -0.39 is 5.76 Å². The lowest BCUT2D eigenvalue weighted by Gasteiger charge is -2.34. The summed E-state index contributed by atoms with van der Waals surface area (Å²) in [5.74, 6) is -0.0652. The van der Waals surface area contributed by atoms with Crippen LogP contribution in [0.3, 0.4) is 0 Å².